The second-order valence-electron chi connectivity index (χ2n) is 7.44. The normalized spacial score (nSPS) is 16.2. The van der Waals surface area contributed by atoms with E-state index in [1.165, 1.54) is 4.90 Å². The van der Waals surface area contributed by atoms with Gasteiger partial charge in [-0.1, -0.05) is 18.2 Å². The minimum absolute atomic E-state index is 0.169. The van der Waals surface area contributed by atoms with Crippen molar-refractivity contribution in [3.63, 3.8) is 0 Å². The number of likely N-dealkylation sites (tertiary alicyclic amines) is 1. The molecule has 1 aromatic carbocycles. The van der Waals surface area contributed by atoms with Crippen LogP contribution in [0.2, 0.25) is 0 Å². The van der Waals surface area contributed by atoms with Crippen LogP contribution in [-0.4, -0.2) is 72.8 Å². The SMILES string of the molecule is N=C(N)NCCC[C@H](NC(=O)[C@@H]1CCCN1C(=O)CNC(=O)c1ccccc1)C(=O)CF. The Morgan fingerprint density at radius 2 is 1.91 bits per heavy atom. The molecule has 0 bridgehead atoms. The molecule has 1 fully saturated rings. The number of carbonyl (C=O) groups excluding carboxylic acids is 4. The molecule has 11 heteroatoms. The predicted octanol–water partition coefficient (Wildman–Crippen LogP) is -0.306. The number of guanidine groups is 1. The number of Topliss-reactive ketones (excluding diaryl/α,β-unsaturated/α-hetero) is 1. The van der Waals surface area contributed by atoms with E-state index in [4.69, 9.17) is 11.1 Å². The Bertz CT molecular complexity index is 835. The minimum Gasteiger partial charge on any atom is -0.370 e. The molecular formula is C21H29FN6O4. The summed E-state index contributed by atoms with van der Waals surface area (Å²) in [6.07, 6.45) is 1.56. The van der Waals surface area contributed by atoms with Gasteiger partial charge in [0.1, 0.15) is 12.7 Å². The largest absolute Gasteiger partial charge is 0.370 e. The first kappa shape index (κ1) is 24.8. The number of benzene rings is 1. The topological polar surface area (TPSA) is 157 Å². The smallest absolute Gasteiger partial charge is 0.251 e. The number of ketones is 1. The number of rotatable bonds is 11. The minimum atomic E-state index is -1.22. The van der Waals surface area contributed by atoms with E-state index in [9.17, 15) is 23.6 Å². The highest BCUT2D eigenvalue weighted by molar-refractivity contribution is 5.97. The number of halogens is 1. The van der Waals surface area contributed by atoms with Crippen molar-refractivity contribution in [1.82, 2.24) is 20.9 Å². The Labute approximate surface area is 185 Å². The van der Waals surface area contributed by atoms with Crippen LogP contribution in [0, 0.1) is 5.41 Å². The number of amides is 3. The number of hydrogen-bond acceptors (Lipinski definition) is 5. The van der Waals surface area contributed by atoms with E-state index in [1.807, 2.05) is 0 Å². The molecule has 32 heavy (non-hydrogen) atoms. The van der Waals surface area contributed by atoms with Crippen molar-refractivity contribution in [2.45, 2.75) is 37.8 Å². The molecule has 10 nitrogen and oxygen atoms in total. The van der Waals surface area contributed by atoms with Crippen LogP contribution in [0.5, 0.6) is 0 Å². The molecule has 0 unspecified atom stereocenters. The van der Waals surface area contributed by atoms with Crippen LogP contribution in [0.15, 0.2) is 30.3 Å². The third kappa shape index (κ3) is 7.33. The second kappa shape index (κ2) is 12.4. The molecule has 1 heterocycles. The highest BCUT2D eigenvalue weighted by atomic mass is 19.1. The summed E-state index contributed by atoms with van der Waals surface area (Å²) < 4.78 is 12.9. The van der Waals surface area contributed by atoms with Crippen molar-refractivity contribution < 1.29 is 23.6 Å². The first-order valence-electron chi connectivity index (χ1n) is 10.4. The quantitative estimate of drug-likeness (QED) is 0.178. The van der Waals surface area contributed by atoms with Crippen molar-refractivity contribution in [1.29, 1.82) is 5.41 Å². The van der Waals surface area contributed by atoms with Crippen molar-refractivity contribution >= 4 is 29.5 Å². The standard InChI is InChI=1S/C21H29FN6O4/c22-12-17(29)15(8-4-10-25-21(23)24)27-20(32)16-9-5-11-28(16)18(30)13-26-19(31)14-6-2-1-3-7-14/h1-3,6-7,15-16H,4-5,8-13H2,(H,26,31)(H,27,32)(H4,23,24,25)/t15-,16-/m0/s1. The number of alkyl halides is 1. The molecule has 1 aromatic rings. The average Bonchev–Trinajstić information content (AvgIpc) is 3.29. The second-order valence-corrected chi connectivity index (χ2v) is 7.44. The molecule has 2 rings (SSSR count). The zero-order chi connectivity index (χ0) is 23.5. The molecule has 1 aliphatic rings. The van der Waals surface area contributed by atoms with Crippen LogP contribution in [0.3, 0.4) is 0 Å². The van der Waals surface area contributed by atoms with Crippen LogP contribution < -0.4 is 21.7 Å². The lowest BCUT2D eigenvalue weighted by atomic mass is 10.1. The Morgan fingerprint density at radius 1 is 1.19 bits per heavy atom. The van der Waals surface area contributed by atoms with Crippen molar-refractivity contribution in [2.24, 2.45) is 5.73 Å². The summed E-state index contributed by atoms with van der Waals surface area (Å²) in [7, 11) is 0. The molecule has 1 saturated heterocycles. The summed E-state index contributed by atoms with van der Waals surface area (Å²) in [6, 6.07) is 6.62. The molecule has 0 radical (unpaired) electrons. The van der Waals surface area contributed by atoms with Crippen molar-refractivity contribution in [3.05, 3.63) is 35.9 Å². The fourth-order valence-electron chi connectivity index (χ4n) is 3.49. The summed E-state index contributed by atoms with van der Waals surface area (Å²) in [6.45, 7) is -0.830. The maximum absolute atomic E-state index is 12.9. The molecule has 0 spiro atoms. The molecule has 0 aromatic heterocycles. The van der Waals surface area contributed by atoms with E-state index < -0.39 is 42.3 Å². The first-order chi connectivity index (χ1) is 15.3. The number of nitrogens with one attached hydrogen (secondary N) is 4. The van der Waals surface area contributed by atoms with Gasteiger partial charge in [-0.25, -0.2) is 4.39 Å². The first-order valence-corrected chi connectivity index (χ1v) is 10.4. The lowest BCUT2D eigenvalue weighted by Crippen LogP contribution is -2.52. The molecule has 0 saturated carbocycles. The average molecular weight is 448 g/mol. The predicted molar refractivity (Wildman–Crippen MR) is 116 cm³/mol. The van der Waals surface area contributed by atoms with E-state index in [0.29, 0.717) is 37.9 Å². The van der Waals surface area contributed by atoms with Crippen LogP contribution >= 0.6 is 0 Å². The lowest BCUT2D eigenvalue weighted by Gasteiger charge is -2.26. The van der Waals surface area contributed by atoms with Gasteiger partial charge < -0.3 is 26.6 Å². The number of hydrogen-bond donors (Lipinski definition) is 5. The van der Waals surface area contributed by atoms with E-state index in [1.54, 1.807) is 30.3 Å². The van der Waals surface area contributed by atoms with Crippen molar-refractivity contribution in [2.75, 3.05) is 26.3 Å². The van der Waals surface area contributed by atoms with E-state index >= 15 is 0 Å². The van der Waals surface area contributed by atoms with E-state index in [-0.39, 0.29) is 18.9 Å². The Morgan fingerprint density at radius 3 is 2.56 bits per heavy atom. The van der Waals surface area contributed by atoms with Crippen LogP contribution in [0.25, 0.3) is 0 Å². The lowest BCUT2D eigenvalue weighted by molar-refractivity contribution is -0.138. The van der Waals surface area contributed by atoms with Gasteiger partial charge in [0.15, 0.2) is 11.7 Å². The number of nitrogens with zero attached hydrogens (tertiary/aromatic N) is 1. The maximum Gasteiger partial charge on any atom is 0.251 e. The summed E-state index contributed by atoms with van der Waals surface area (Å²) in [5.41, 5.74) is 5.61. The molecule has 1 aliphatic heterocycles. The number of nitrogens with two attached hydrogens (primary N) is 1. The van der Waals surface area contributed by atoms with Gasteiger partial charge in [-0.05, 0) is 37.8 Å². The van der Waals surface area contributed by atoms with Gasteiger partial charge >= 0.3 is 0 Å². The molecule has 174 valence electrons. The Hall–Kier alpha value is -3.50. The highest BCUT2D eigenvalue weighted by Gasteiger charge is 2.35. The summed E-state index contributed by atoms with van der Waals surface area (Å²) >= 11 is 0. The van der Waals surface area contributed by atoms with Crippen molar-refractivity contribution in [3.8, 4) is 0 Å². The molecule has 0 aliphatic carbocycles. The van der Waals surface area contributed by atoms with Gasteiger partial charge in [0.25, 0.3) is 5.91 Å². The van der Waals surface area contributed by atoms with Crippen LogP contribution in [-0.2, 0) is 14.4 Å². The summed E-state index contributed by atoms with van der Waals surface area (Å²) in [5.74, 6) is -2.32. The molecule has 6 N–H and O–H groups in total. The molecule has 2 atom stereocenters. The van der Waals surface area contributed by atoms with Crippen LogP contribution in [0.4, 0.5) is 4.39 Å². The van der Waals surface area contributed by atoms with Gasteiger partial charge in [0.05, 0.1) is 12.6 Å². The van der Waals surface area contributed by atoms with Gasteiger partial charge in [-0.2, -0.15) is 0 Å². The highest BCUT2D eigenvalue weighted by Crippen LogP contribution is 2.18. The third-order valence-electron chi connectivity index (χ3n) is 5.13. The monoisotopic (exact) mass is 448 g/mol. The Balaban J connectivity index is 1.91. The summed E-state index contributed by atoms with van der Waals surface area (Å²) in [5, 5.41) is 14.8. The fraction of sp³-hybridized carbons (Fsp3) is 0.476. The maximum atomic E-state index is 12.9. The van der Waals surface area contributed by atoms with E-state index in [2.05, 4.69) is 16.0 Å². The van der Waals surface area contributed by atoms with Crippen LogP contribution in [0.1, 0.15) is 36.0 Å². The van der Waals surface area contributed by atoms with Gasteiger partial charge in [0, 0.05) is 18.7 Å². The zero-order valence-electron chi connectivity index (χ0n) is 17.7. The summed E-state index contributed by atoms with van der Waals surface area (Å²) in [4.78, 5) is 50.8. The molecular weight excluding hydrogens is 419 g/mol. The number of carbonyl (C=O) groups is 4. The zero-order valence-corrected chi connectivity index (χ0v) is 17.7. The molecule has 3 amide bonds. The van der Waals surface area contributed by atoms with E-state index in [0.717, 1.165) is 0 Å². The van der Waals surface area contributed by atoms with Gasteiger partial charge in [0.2, 0.25) is 11.8 Å². The van der Waals surface area contributed by atoms with Gasteiger partial charge in [-0.3, -0.25) is 24.6 Å². The fourth-order valence-corrected chi connectivity index (χ4v) is 3.49. The third-order valence-corrected chi connectivity index (χ3v) is 5.13. The van der Waals surface area contributed by atoms with Gasteiger partial charge in [-0.15, -0.1) is 0 Å². The Kier molecular flexibility index (Phi) is 9.58.